The number of carbonyl (C=O) groups excluding carboxylic acids is 1. The Kier molecular flexibility index (Phi) is 3.98. The Morgan fingerprint density at radius 3 is 2.62 bits per heavy atom. The van der Waals surface area contributed by atoms with Gasteiger partial charge in [0.15, 0.2) is 0 Å². The number of nitrogens with one attached hydrogen (secondary N) is 1. The molecule has 2 fully saturated rings. The van der Waals surface area contributed by atoms with Crippen LogP contribution in [0.3, 0.4) is 0 Å². The van der Waals surface area contributed by atoms with Crippen LogP contribution in [0.15, 0.2) is 24.3 Å². The van der Waals surface area contributed by atoms with Crippen molar-refractivity contribution >= 4 is 5.91 Å². The number of halogens is 1. The molecule has 2 saturated heterocycles. The number of piperidine rings is 1. The van der Waals surface area contributed by atoms with Gasteiger partial charge in [0.1, 0.15) is 5.82 Å². The fourth-order valence-corrected chi connectivity index (χ4v) is 3.75. The second kappa shape index (κ2) is 5.76. The molecule has 1 aromatic carbocycles. The average Bonchev–Trinajstić information content (AvgIpc) is 2.83. The summed E-state index contributed by atoms with van der Waals surface area (Å²) in [4.78, 5) is 14.6. The molecule has 1 N–H and O–H groups in total. The maximum Gasteiger partial charge on any atom is 0.229 e. The van der Waals surface area contributed by atoms with E-state index in [0.29, 0.717) is 18.1 Å². The van der Waals surface area contributed by atoms with Crippen LogP contribution in [0, 0.1) is 5.82 Å². The summed E-state index contributed by atoms with van der Waals surface area (Å²) in [5, 5.41) is 3.59. The summed E-state index contributed by atoms with van der Waals surface area (Å²) >= 11 is 0. The van der Waals surface area contributed by atoms with Gasteiger partial charge in [0.05, 0.1) is 5.92 Å². The summed E-state index contributed by atoms with van der Waals surface area (Å²) in [7, 11) is 1.90. The van der Waals surface area contributed by atoms with Crippen LogP contribution in [0.25, 0.3) is 0 Å². The molecule has 2 aliphatic heterocycles. The standard InChI is InChI=1S/C17H23FN2O/c1-11(12-4-3-5-13(18)8-12)17(21)20(2)16-9-14-6-7-15(10-16)19-14/h3-5,8,11,14-16,19H,6-7,9-10H2,1-2H3. The molecule has 2 aliphatic rings. The number of carbonyl (C=O) groups is 1. The van der Waals surface area contributed by atoms with Crippen LogP contribution < -0.4 is 5.32 Å². The lowest BCUT2D eigenvalue weighted by Gasteiger charge is -2.36. The van der Waals surface area contributed by atoms with Crippen molar-refractivity contribution in [3.05, 3.63) is 35.6 Å². The smallest absolute Gasteiger partial charge is 0.229 e. The van der Waals surface area contributed by atoms with E-state index >= 15 is 0 Å². The van der Waals surface area contributed by atoms with Gasteiger partial charge in [-0.3, -0.25) is 4.79 Å². The quantitative estimate of drug-likeness (QED) is 0.928. The molecule has 4 heteroatoms. The monoisotopic (exact) mass is 290 g/mol. The molecule has 1 aromatic rings. The first-order chi connectivity index (χ1) is 10.0. The number of rotatable bonds is 3. The predicted octanol–water partition coefficient (Wildman–Crippen LogP) is 2.67. The van der Waals surface area contributed by atoms with Crippen molar-refractivity contribution in [2.45, 2.75) is 56.7 Å². The first-order valence-electron chi connectivity index (χ1n) is 7.83. The summed E-state index contributed by atoms with van der Waals surface area (Å²) in [6.07, 6.45) is 4.52. The van der Waals surface area contributed by atoms with Gasteiger partial charge in [0.25, 0.3) is 0 Å². The maximum atomic E-state index is 13.3. The second-order valence-corrected chi connectivity index (χ2v) is 6.49. The van der Waals surface area contributed by atoms with E-state index in [1.54, 1.807) is 6.07 Å². The van der Waals surface area contributed by atoms with Crippen molar-refractivity contribution < 1.29 is 9.18 Å². The van der Waals surface area contributed by atoms with Gasteiger partial charge in [-0.05, 0) is 50.3 Å². The minimum absolute atomic E-state index is 0.0897. The summed E-state index contributed by atoms with van der Waals surface area (Å²) in [5.41, 5.74) is 0.753. The zero-order valence-electron chi connectivity index (χ0n) is 12.7. The summed E-state index contributed by atoms with van der Waals surface area (Å²) < 4.78 is 13.3. The number of benzene rings is 1. The topological polar surface area (TPSA) is 32.3 Å². The van der Waals surface area contributed by atoms with Gasteiger partial charge in [0.2, 0.25) is 5.91 Å². The number of likely N-dealkylation sites (N-methyl/N-ethyl adjacent to an activating group) is 1. The Bertz CT molecular complexity index is 521. The minimum Gasteiger partial charge on any atom is -0.342 e. The molecule has 114 valence electrons. The molecule has 0 saturated carbocycles. The molecular weight excluding hydrogens is 267 g/mol. The van der Waals surface area contributed by atoms with Crippen molar-refractivity contribution in [2.75, 3.05) is 7.05 Å². The first kappa shape index (κ1) is 14.5. The zero-order chi connectivity index (χ0) is 15.0. The molecule has 2 bridgehead atoms. The molecule has 2 heterocycles. The number of nitrogens with zero attached hydrogens (tertiary/aromatic N) is 1. The fraction of sp³-hybridized carbons (Fsp3) is 0.588. The predicted molar refractivity (Wildman–Crippen MR) is 80.6 cm³/mol. The SMILES string of the molecule is CC(C(=O)N(C)C1CC2CCC(C1)N2)c1cccc(F)c1. The highest BCUT2D eigenvalue weighted by Crippen LogP contribution is 2.30. The molecule has 0 spiro atoms. The fourth-order valence-electron chi connectivity index (χ4n) is 3.75. The highest BCUT2D eigenvalue weighted by atomic mass is 19.1. The first-order valence-corrected chi connectivity index (χ1v) is 7.83. The van der Waals surface area contributed by atoms with Crippen LogP contribution in [-0.4, -0.2) is 36.0 Å². The molecule has 1 amide bonds. The Morgan fingerprint density at radius 2 is 2.00 bits per heavy atom. The maximum absolute atomic E-state index is 13.3. The third-order valence-electron chi connectivity index (χ3n) is 5.06. The van der Waals surface area contributed by atoms with Gasteiger partial charge in [-0.15, -0.1) is 0 Å². The largest absolute Gasteiger partial charge is 0.342 e. The van der Waals surface area contributed by atoms with Gasteiger partial charge in [-0.1, -0.05) is 12.1 Å². The lowest BCUT2D eigenvalue weighted by atomic mass is 9.95. The Balaban J connectivity index is 1.69. The van der Waals surface area contributed by atoms with Crippen molar-refractivity contribution in [3.63, 3.8) is 0 Å². The highest BCUT2D eigenvalue weighted by molar-refractivity contribution is 5.83. The van der Waals surface area contributed by atoms with Gasteiger partial charge in [-0.2, -0.15) is 0 Å². The van der Waals surface area contributed by atoms with Gasteiger partial charge >= 0.3 is 0 Å². The molecule has 3 unspecified atom stereocenters. The summed E-state index contributed by atoms with van der Waals surface area (Å²) in [5.74, 6) is -0.486. The number of hydrogen-bond acceptors (Lipinski definition) is 2. The molecule has 0 aliphatic carbocycles. The van der Waals surface area contributed by atoms with E-state index in [0.717, 1.165) is 18.4 Å². The van der Waals surface area contributed by atoms with E-state index in [9.17, 15) is 9.18 Å². The van der Waals surface area contributed by atoms with Crippen molar-refractivity contribution in [1.29, 1.82) is 0 Å². The van der Waals surface area contributed by atoms with Crippen molar-refractivity contribution in [3.8, 4) is 0 Å². The van der Waals surface area contributed by atoms with E-state index in [1.807, 2.05) is 24.9 Å². The molecule has 3 nitrogen and oxygen atoms in total. The van der Waals surface area contributed by atoms with Crippen LogP contribution in [0.1, 0.15) is 44.1 Å². The van der Waals surface area contributed by atoms with Gasteiger partial charge in [-0.25, -0.2) is 4.39 Å². The van der Waals surface area contributed by atoms with Crippen LogP contribution in [0.4, 0.5) is 4.39 Å². The average molecular weight is 290 g/mol. The van der Waals surface area contributed by atoms with Crippen LogP contribution in [0.2, 0.25) is 0 Å². The van der Waals surface area contributed by atoms with E-state index in [-0.39, 0.29) is 17.6 Å². The third kappa shape index (κ3) is 2.95. The molecule has 3 atom stereocenters. The van der Waals surface area contributed by atoms with Crippen LogP contribution in [-0.2, 0) is 4.79 Å². The Labute approximate surface area is 125 Å². The number of fused-ring (bicyclic) bond motifs is 2. The van der Waals surface area contributed by atoms with E-state index in [4.69, 9.17) is 0 Å². The molecule has 3 rings (SSSR count). The van der Waals surface area contributed by atoms with E-state index in [1.165, 1.54) is 25.0 Å². The molecular formula is C17H23FN2O. The number of amides is 1. The lowest BCUT2D eigenvalue weighted by Crippen LogP contribution is -2.49. The van der Waals surface area contributed by atoms with E-state index < -0.39 is 0 Å². The highest BCUT2D eigenvalue weighted by Gasteiger charge is 2.37. The lowest BCUT2D eigenvalue weighted by molar-refractivity contribution is -0.133. The van der Waals surface area contributed by atoms with Gasteiger partial charge < -0.3 is 10.2 Å². The van der Waals surface area contributed by atoms with Crippen LogP contribution in [0.5, 0.6) is 0 Å². The third-order valence-corrected chi connectivity index (χ3v) is 5.06. The zero-order valence-corrected chi connectivity index (χ0v) is 12.7. The summed E-state index contributed by atoms with van der Waals surface area (Å²) in [6.45, 7) is 1.86. The van der Waals surface area contributed by atoms with Crippen molar-refractivity contribution in [1.82, 2.24) is 10.2 Å². The summed E-state index contributed by atoms with van der Waals surface area (Å²) in [6, 6.07) is 7.80. The molecule has 21 heavy (non-hydrogen) atoms. The van der Waals surface area contributed by atoms with E-state index in [2.05, 4.69) is 5.32 Å². The van der Waals surface area contributed by atoms with Crippen molar-refractivity contribution in [2.24, 2.45) is 0 Å². The Hall–Kier alpha value is -1.42. The molecule has 0 aromatic heterocycles. The Morgan fingerprint density at radius 1 is 1.33 bits per heavy atom. The van der Waals surface area contributed by atoms with Gasteiger partial charge in [0, 0.05) is 25.2 Å². The van der Waals surface area contributed by atoms with Crippen LogP contribution >= 0.6 is 0 Å². The normalized spacial score (nSPS) is 29.2. The molecule has 0 radical (unpaired) electrons. The second-order valence-electron chi connectivity index (χ2n) is 6.49. The minimum atomic E-state index is -0.293. The number of hydrogen-bond donors (Lipinski definition) is 1.